The molecule has 2 amide bonds. The molecule has 1 aliphatic rings. The minimum absolute atomic E-state index is 0.0576. The summed E-state index contributed by atoms with van der Waals surface area (Å²) >= 11 is 1.42. The summed E-state index contributed by atoms with van der Waals surface area (Å²) in [5.74, 6) is 0. The summed E-state index contributed by atoms with van der Waals surface area (Å²) < 4.78 is 4.49. The zero-order chi connectivity index (χ0) is 16.5. The Morgan fingerprint density at radius 2 is 2.05 bits per heavy atom. The van der Waals surface area contributed by atoms with Gasteiger partial charge in [0.1, 0.15) is 5.00 Å². The van der Waals surface area contributed by atoms with Gasteiger partial charge in [0.05, 0.1) is 19.0 Å². The Morgan fingerprint density at radius 3 is 2.55 bits per heavy atom. The molecule has 0 atom stereocenters. The molecule has 0 aromatic carbocycles. The van der Waals surface area contributed by atoms with Crippen LogP contribution in [0.5, 0.6) is 0 Å². The molecule has 1 saturated heterocycles. The van der Waals surface area contributed by atoms with Crippen LogP contribution in [0.3, 0.4) is 0 Å². The summed E-state index contributed by atoms with van der Waals surface area (Å²) in [6.07, 6.45) is 2.77. The van der Waals surface area contributed by atoms with E-state index in [1.807, 2.05) is 15.9 Å². The highest BCUT2D eigenvalue weighted by atomic mass is 32.1. The van der Waals surface area contributed by atoms with E-state index in [0.717, 1.165) is 29.2 Å². The van der Waals surface area contributed by atoms with Crippen LogP contribution >= 0.6 is 11.5 Å². The lowest BCUT2D eigenvalue weighted by Gasteiger charge is -2.47. The van der Waals surface area contributed by atoms with Gasteiger partial charge in [0.15, 0.2) is 0 Å². The van der Waals surface area contributed by atoms with E-state index < -0.39 is 0 Å². The average molecular weight is 322 g/mol. The molecule has 6 heteroatoms. The fourth-order valence-electron chi connectivity index (χ4n) is 2.60. The fraction of sp³-hybridized carbons (Fsp3) is 0.625. The minimum atomic E-state index is -0.221. The summed E-state index contributed by atoms with van der Waals surface area (Å²) in [5.41, 5.74) is 1.98. The van der Waals surface area contributed by atoms with Gasteiger partial charge in [-0.1, -0.05) is 13.0 Å². The first kappa shape index (κ1) is 17.0. The second-order valence-corrected chi connectivity index (χ2v) is 7.40. The lowest BCUT2D eigenvalue weighted by atomic mass is 10.1. The summed E-state index contributed by atoms with van der Waals surface area (Å²) in [4.78, 5) is 18.9. The van der Waals surface area contributed by atoms with E-state index >= 15 is 0 Å². The average Bonchev–Trinajstić information content (AvgIpc) is 2.80. The lowest BCUT2D eigenvalue weighted by molar-refractivity contribution is 0.0697. The van der Waals surface area contributed by atoms with Crippen molar-refractivity contribution in [2.45, 2.75) is 46.6 Å². The molecule has 1 fully saturated rings. The lowest BCUT2D eigenvalue weighted by Crippen LogP contribution is -2.63. The van der Waals surface area contributed by atoms with Crippen molar-refractivity contribution in [1.82, 2.24) is 14.2 Å². The van der Waals surface area contributed by atoms with Crippen LogP contribution < -0.4 is 4.90 Å². The fourth-order valence-corrected chi connectivity index (χ4v) is 3.55. The number of rotatable bonds is 4. The number of anilines is 1. The van der Waals surface area contributed by atoms with Crippen molar-refractivity contribution in [3.05, 3.63) is 23.9 Å². The molecule has 0 spiro atoms. The molecule has 5 nitrogen and oxygen atoms in total. The smallest absolute Gasteiger partial charge is 0.306 e. The molecule has 0 aliphatic carbocycles. The quantitative estimate of drug-likeness (QED) is 0.797. The Labute approximate surface area is 137 Å². The van der Waals surface area contributed by atoms with Crippen LogP contribution in [0.25, 0.3) is 0 Å². The largest absolute Gasteiger partial charge is 0.327 e. The van der Waals surface area contributed by atoms with Gasteiger partial charge in [0, 0.05) is 17.6 Å². The molecule has 2 heterocycles. The van der Waals surface area contributed by atoms with Gasteiger partial charge >= 0.3 is 6.03 Å². The van der Waals surface area contributed by atoms with Crippen molar-refractivity contribution in [3.8, 4) is 0 Å². The molecule has 2 rings (SSSR count). The highest BCUT2D eigenvalue weighted by Crippen LogP contribution is 2.32. The summed E-state index contributed by atoms with van der Waals surface area (Å²) in [5, 5.41) is 0.963. The van der Waals surface area contributed by atoms with E-state index in [4.69, 9.17) is 0 Å². The Kier molecular flexibility index (Phi) is 4.92. The second-order valence-electron chi connectivity index (χ2n) is 6.65. The Balaban J connectivity index is 2.37. The van der Waals surface area contributed by atoms with Gasteiger partial charge in [0.25, 0.3) is 0 Å². The van der Waals surface area contributed by atoms with E-state index in [-0.39, 0.29) is 11.6 Å². The maximum Gasteiger partial charge on any atom is 0.327 e. The molecular formula is C16H26N4OS. The van der Waals surface area contributed by atoms with Crippen molar-refractivity contribution in [3.63, 3.8) is 0 Å². The van der Waals surface area contributed by atoms with Crippen LogP contribution in [-0.4, -0.2) is 45.6 Å². The van der Waals surface area contributed by atoms with Gasteiger partial charge in [-0.2, -0.15) is 4.37 Å². The van der Waals surface area contributed by atoms with Crippen LogP contribution in [0.2, 0.25) is 0 Å². The number of aryl methyl sites for hydroxylation is 1. The Bertz CT molecular complexity index is 561. The third kappa shape index (κ3) is 3.17. The predicted molar refractivity (Wildman–Crippen MR) is 92.3 cm³/mol. The highest BCUT2D eigenvalue weighted by Gasteiger charge is 2.38. The molecule has 0 bridgehead atoms. The van der Waals surface area contributed by atoms with Gasteiger partial charge in [-0.15, -0.1) is 6.58 Å². The standard InChI is InChI=1S/C16H26N4OS/c1-7-9-18-10-19(14-12(3)13(8-2)17-22-14)15(21)20(11-18)16(4,5)6/h7H,1,8-11H2,2-6H3. The van der Waals surface area contributed by atoms with Gasteiger partial charge in [-0.25, -0.2) is 4.79 Å². The van der Waals surface area contributed by atoms with E-state index in [0.29, 0.717) is 13.3 Å². The van der Waals surface area contributed by atoms with Crippen molar-refractivity contribution in [2.24, 2.45) is 0 Å². The Hall–Kier alpha value is -1.40. The zero-order valence-electron chi connectivity index (χ0n) is 14.2. The van der Waals surface area contributed by atoms with Crippen LogP contribution in [0.1, 0.15) is 39.0 Å². The summed E-state index contributed by atoms with van der Waals surface area (Å²) in [7, 11) is 0. The third-order valence-corrected chi connectivity index (χ3v) is 4.93. The SMILES string of the molecule is C=CCN1CN(c2snc(CC)c2C)C(=O)N(C(C)(C)C)C1. The molecular weight excluding hydrogens is 296 g/mol. The van der Waals surface area contributed by atoms with Crippen LogP contribution in [0.15, 0.2) is 12.7 Å². The molecule has 0 radical (unpaired) electrons. The van der Waals surface area contributed by atoms with E-state index in [1.165, 1.54) is 11.5 Å². The zero-order valence-corrected chi connectivity index (χ0v) is 15.0. The topological polar surface area (TPSA) is 39.7 Å². The molecule has 0 unspecified atom stereocenters. The highest BCUT2D eigenvalue weighted by molar-refractivity contribution is 7.10. The first-order valence-electron chi connectivity index (χ1n) is 7.67. The van der Waals surface area contributed by atoms with Crippen molar-refractivity contribution in [2.75, 3.05) is 24.8 Å². The maximum atomic E-state index is 13.0. The number of aromatic nitrogens is 1. The van der Waals surface area contributed by atoms with Gasteiger partial charge in [-0.05, 0) is 45.6 Å². The normalized spacial score (nSPS) is 17.2. The van der Waals surface area contributed by atoms with E-state index in [2.05, 4.69) is 50.5 Å². The molecule has 1 aromatic heterocycles. The summed E-state index contributed by atoms with van der Waals surface area (Å²) in [6.45, 7) is 16.1. The first-order valence-corrected chi connectivity index (χ1v) is 8.44. The number of carbonyl (C=O) groups excluding carboxylic acids is 1. The molecule has 22 heavy (non-hydrogen) atoms. The van der Waals surface area contributed by atoms with E-state index in [9.17, 15) is 4.79 Å². The number of amides is 2. The van der Waals surface area contributed by atoms with Crippen molar-refractivity contribution >= 4 is 22.6 Å². The van der Waals surface area contributed by atoms with Gasteiger partial charge in [0.2, 0.25) is 0 Å². The molecule has 1 aromatic rings. The van der Waals surface area contributed by atoms with Crippen LogP contribution in [0, 0.1) is 6.92 Å². The maximum absolute atomic E-state index is 13.0. The molecule has 122 valence electrons. The van der Waals surface area contributed by atoms with Crippen molar-refractivity contribution < 1.29 is 4.79 Å². The molecule has 0 N–H and O–H groups in total. The van der Waals surface area contributed by atoms with Gasteiger partial charge < -0.3 is 4.90 Å². The number of urea groups is 1. The minimum Gasteiger partial charge on any atom is -0.306 e. The van der Waals surface area contributed by atoms with Crippen LogP contribution in [-0.2, 0) is 6.42 Å². The number of nitrogens with zero attached hydrogens (tertiary/aromatic N) is 4. The van der Waals surface area contributed by atoms with Gasteiger partial charge in [-0.3, -0.25) is 9.80 Å². The molecule has 1 aliphatic heterocycles. The monoisotopic (exact) mass is 322 g/mol. The second kappa shape index (κ2) is 6.38. The van der Waals surface area contributed by atoms with Crippen LogP contribution in [0.4, 0.5) is 9.80 Å². The van der Waals surface area contributed by atoms with Crippen molar-refractivity contribution in [1.29, 1.82) is 0 Å². The van der Waals surface area contributed by atoms with E-state index in [1.54, 1.807) is 0 Å². The Morgan fingerprint density at radius 1 is 1.36 bits per heavy atom. The number of carbonyl (C=O) groups is 1. The molecule has 0 saturated carbocycles. The predicted octanol–water partition coefficient (Wildman–Crippen LogP) is 3.46. The number of hydrogen-bond acceptors (Lipinski definition) is 4. The first-order chi connectivity index (χ1) is 10.3. The number of hydrogen-bond donors (Lipinski definition) is 0. The summed E-state index contributed by atoms with van der Waals surface area (Å²) in [6, 6.07) is 0.0576. The third-order valence-electron chi connectivity index (χ3n) is 3.92.